The first-order valence-corrected chi connectivity index (χ1v) is 9.40. The Labute approximate surface area is 120 Å². The van der Waals surface area contributed by atoms with Crippen LogP contribution in [0.15, 0.2) is 0 Å². The lowest BCUT2D eigenvalue weighted by Gasteiger charge is -2.31. The molecule has 0 aliphatic carbocycles. The Kier molecular flexibility index (Phi) is 5.74. The van der Waals surface area contributed by atoms with Crippen molar-refractivity contribution in [1.82, 2.24) is 4.90 Å². The third-order valence-corrected chi connectivity index (χ3v) is 7.46. The van der Waals surface area contributed by atoms with Crippen molar-refractivity contribution in [1.29, 1.82) is 0 Å². The highest BCUT2D eigenvalue weighted by Gasteiger charge is 2.59. The van der Waals surface area contributed by atoms with Crippen LogP contribution in [0.3, 0.4) is 0 Å². The summed E-state index contributed by atoms with van der Waals surface area (Å²) in [5.41, 5.74) is 0. The van der Waals surface area contributed by atoms with E-state index in [2.05, 4.69) is 0 Å². The summed E-state index contributed by atoms with van der Waals surface area (Å²) in [6.07, 6.45) is 0.00465. The van der Waals surface area contributed by atoms with Crippen LogP contribution in [0.4, 0.5) is 0 Å². The van der Waals surface area contributed by atoms with Gasteiger partial charge < -0.3 is 34.7 Å². The topological polar surface area (TPSA) is 176 Å². The SMILES string of the molecule is O=C(CO)N1CCCC1CCC(O)(P(=O)(O)O)P(=O)(O)O. The van der Waals surface area contributed by atoms with Crippen molar-refractivity contribution in [3.63, 3.8) is 0 Å². The lowest BCUT2D eigenvalue weighted by molar-refractivity contribution is -0.135. The molecule has 1 aliphatic heterocycles. The van der Waals surface area contributed by atoms with E-state index in [4.69, 9.17) is 24.7 Å². The van der Waals surface area contributed by atoms with Crippen molar-refractivity contribution in [2.24, 2.45) is 0 Å². The Hall–Kier alpha value is -0.310. The summed E-state index contributed by atoms with van der Waals surface area (Å²) in [6.45, 7) is -0.383. The van der Waals surface area contributed by atoms with Gasteiger partial charge in [-0.05, 0) is 19.3 Å². The molecule has 0 aromatic heterocycles. The molecule has 21 heavy (non-hydrogen) atoms. The van der Waals surface area contributed by atoms with Crippen molar-refractivity contribution in [3.8, 4) is 0 Å². The quantitative estimate of drug-likeness (QED) is 0.321. The van der Waals surface area contributed by atoms with E-state index in [0.717, 1.165) is 0 Å². The minimum Gasteiger partial charge on any atom is -0.387 e. The second-order valence-corrected chi connectivity index (χ2v) is 8.95. The Bertz CT molecular complexity index is 462. The molecule has 1 atom stereocenters. The van der Waals surface area contributed by atoms with Gasteiger partial charge in [0.2, 0.25) is 5.91 Å². The molecule has 1 unspecified atom stereocenters. The molecule has 0 bridgehead atoms. The number of likely N-dealkylation sites (tertiary alicyclic amines) is 1. The summed E-state index contributed by atoms with van der Waals surface area (Å²) < 4.78 is 22.4. The van der Waals surface area contributed by atoms with Crippen molar-refractivity contribution in [3.05, 3.63) is 0 Å². The van der Waals surface area contributed by atoms with E-state index in [9.17, 15) is 19.0 Å². The minimum atomic E-state index is -5.48. The zero-order valence-electron chi connectivity index (χ0n) is 11.1. The molecule has 1 amide bonds. The Balaban J connectivity index is 2.86. The van der Waals surface area contributed by atoms with Gasteiger partial charge in [0.1, 0.15) is 6.61 Å². The molecule has 0 radical (unpaired) electrons. The average Bonchev–Trinajstić information content (AvgIpc) is 2.80. The number of amides is 1. The van der Waals surface area contributed by atoms with Crippen LogP contribution >= 0.6 is 15.2 Å². The van der Waals surface area contributed by atoms with Gasteiger partial charge in [-0.2, -0.15) is 0 Å². The molecule has 124 valence electrons. The largest absolute Gasteiger partial charge is 0.387 e. The normalized spacial score (nSPS) is 20.9. The van der Waals surface area contributed by atoms with Crippen LogP contribution < -0.4 is 0 Å². The van der Waals surface area contributed by atoms with E-state index in [-0.39, 0.29) is 6.42 Å². The second kappa shape index (κ2) is 6.44. The van der Waals surface area contributed by atoms with Gasteiger partial charge in [-0.3, -0.25) is 13.9 Å². The molecule has 10 nitrogen and oxygen atoms in total. The van der Waals surface area contributed by atoms with Crippen molar-refractivity contribution in [2.45, 2.75) is 36.8 Å². The van der Waals surface area contributed by atoms with E-state index in [1.54, 1.807) is 0 Å². The molecular weight excluding hydrogens is 328 g/mol. The molecule has 0 aromatic carbocycles. The Morgan fingerprint density at radius 1 is 1.19 bits per heavy atom. The molecular formula is C9H19NO9P2. The maximum atomic E-state index is 11.4. The highest BCUT2D eigenvalue weighted by molar-refractivity contribution is 7.72. The number of rotatable bonds is 6. The van der Waals surface area contributed by atoms with E-state index < -0.39 is 45.3 Å². The monoisotopic (exact) mass is 347 g/mol. The smallest absolute Gasteiger partial charge is 0.369 e. The highest BCUT2D eigenvalue weighted by atomic mass is 31.2. The maximum absolute atomic E-state index is 11.4. The van der Waals surface area contributed by atoms with Gasteiger partial charge in [0.25, 0.3) is 5.08 Å². The van der Waals surface area contributed by atoms with Gasteiger partial charge >= 0.3 is 15.2 Å². The van der Waals surface area contributed by atoms with Gasteiger partial charge in [0.15, 0.2) is 0 Å². The molecule has 1 aliphatic rings. The van der Waals surface area contributed by atoms with Crippen LogP contribution in [0, 0.1) is 0 Å². The van der Waals surface area contributed by atoms with E-state index >= 15 is 0 Å². The fourth-order valence-electron chi connectivity index (χ4n) is 2.38. The van der Waals surface area contributed by atoms with Crippen molar-refractivity contribution in [2.75, 3.05) is 13.2 Å². The number of aliphatic hydroxyl groups excluding tert-OH is 1. The molecule has 1 heterocycles. The van der Waals surface area contributed by atoms with Crippen LogP contribution in [0.2, 0.25) is 0 Å². The zero-order valence-corrected chi connectivity index (χ0v) is 12.9. The van der Waals surface area contributed by atoms with E-state index in [1.165, 1.54) is 4.90 Å². The van der Waals surface area contributed by atoms with E-state index in [0.29, 0.717) is 19.4 Å². The fraction of sp³-hybridized carbons (Fsp3) is 0.889. The lowest BCUT2D eigenvalue weighted by atomic mass is 10.1. The number of nitrogens with zero attached hydrogens (tertiary/aromatic N) is 1. The summed E-state index contributed by atoms with van der Waals surface area (Å²) >= 11 is 0. The van der Waals surface area contributed by atoms with Gasteiger partial charge in [-0.25, -0.2) is 0 Å². The third-order valence-electron chi connectivity index (χ3n) is 3.58. The summed E-state index contributed by atoms with van der Waals surface area (Å²) in [6, 6.07) is -0.533. The fourth-order valence-corrected chi connectivity index (χ4v) is 4.57. The Morgan fingerprint density at radius 3 is 2.14 bits per heavy atom. The minimum absolute atomic E-state index is 0.196. The third kappa shape index (κ3) is 3.91. The summed E-state index contributed by atoms with van der Waals surface area (Å²) in [5, 5.41) is 15.1. The molecule has 0 aromatic rings. The van der Waals surface area contributed by atoms with Gasteiger partial charge in [0, 0.05) is 19.0 Å². The summed E-state index contributed by atoms with van der Waals surface area (Å²) in [7, 11) is -11.0. The highest BCUT2D eigenvalue weighted by Crippen LogP contribution is 2.69. The molecule has 1 saturated heterocycles. The zero-order chi connectivity index (χ0) is 16.5. The van der Waals surface area contributed by atoms with Gasteiger partial charge in [0.05, 0.1) is 0 Å². The van der Waals surface area contributed by atoms with Crippen molar-refractivity contribution >= 4 is 21.1 Å². The van der Waals surface area contributed by atoms with E-state index in [1.807, 2.05) is 0 Å². The van der Waals surface area contributed by atoms with Crippen LogP contribution in [0.5, 0.6) is 0 Å². The number of hydrogen-bond donors (Lipinski definition) is 6. The van der Waals surface area contributed by atoms with Gasteiger partial charge in [-0.1, -0.05) is 0 Å². The standard InChI is InChI=1S/C9H19NO9P2/c11-6-8(12)10-5-1-2-7(10)3-4-9(13,20(14,15)16)21(17,18)19/h7,11,13H,1-6H2,(H2,14,15,16)(H2,17,18,19). The predicted molar refractivity (Wildman–Crippen MR) is 70.1 cm³/mol. The number of carbonyl (C=O) groups is 1. The molecule has 0 saturated carbocycles. The first-order chi connectivity index (χ1) is 9.44. The van der Waals surface area contributed by atoms with Crippen molar-refractivity contribution < 1.29 is 43.7 Å². The van der Waals surface area contributed by atoms with Crippen LogP contribution in [0.1, 0.15) is 25.7 Å². The summed E-state index contributed by atoms with van der Waals surface area (Å²) in [4.78, 5) is 48.8. The maximum Gasteiger partial charge on any atom is 0.369 e. The first-order valence-electron chi connectivity index (χ1n) is 6.18. The number of hydrogen-bond acceptors (Lipinski definition) is 5. The Morgan fingerprint density at radius 2 is 1.71 bits per heavy atom. The first kappa shape index (κ1) is 18.7. The van der Waals surface area contributed by atoms with Crippen LogP contribution in [0.25, 0.3) is 0 Å². The molecule has 6 N–H and O–H groups in total. The lowest BCUT2D eigenvalue weighted by Crippen LogP contribution is -2.39. The molecule has 1 rings (SSSR count). The van der Waals surface area contributed by atoms with Gasteiger partial charge in [-0.15, -0.1) is 0 Å². The predicted octanol–water partition coefficient (Wildman–Crippen LogP) is -1.25. The van der Waals surface area contributed by atoms with Crippen LogP contribution in [-0.4, -0.2) is 64.9 Å². The van der Waals surface area contributed by atoms with Crippen LogP contribution in [-0.2, 0) is 13.9 Å². The molecule has 1 fully saturated rings. The average molecular weight is 347 g/mol. The molecule has 12 heteroatoms. The molecule has 0 spiro atoms. The number of aliphatic hydroxyl groups is 2. The second-order valence-electron chi connectivity index (χ2n) is 4.94. The summed E-state index contributed by atoms with van der Waals surface area (Å²) in [5.74, 6) is -0.576. The number of carbonyl (C=O) groups excluding carboxylic acids is 1.